The molecule has 0 atom stereocenters. The summed E-state index contributed by atoms with van der Waals surface area (Å²) < 4.78 is 39.0. The molecule has 8 heteroatoms. The minimum absolute atomic E-state index is 0.136. The minimum Gasteiger partial charge on any atom is -0.435 e. The maximum Gasteiger partial charge on any atom is 0.229 e. The fraction of sp³-hybridized carbons (Fsp3) is 0.333. The van der Waals surface area contributed by atoms with Crippen LogP contribution in [0.3, 0.4) is 0 Å². The van der Waals surface area contributed by atoms with Crippen molar-refractivity contribution in [2.45, 2.75) is 19.5 Å². The number of morpholine rings is 1. The largest absolute Gasteiger partial charge is 0.435 e. The highest BCUT2D eigenvalue weighted by Gasteiger charge is 2.26. The zero-order valence-electron chi connectivity index (χ0n) is 17.6. The van der Waals surface area contributed by atoms with Crippen molar-refractivity contribution >= 4 is 5.95 Å². The van der Waals surface area contributed by atoms with E-state index in [-0.39, 0.29) is 11.6 Å². The summed E-state index contributed by atoms with van der Waals surface area (Å²) in [6.07, 6.45) is 0.726. The molecule has 3 heterocycles. The predicted molar refractivity (Wildman–Crippen MR) is 116 cm³/mol. The van der Waals surface area contributed by atoms with Gasteiger partial charge in [-0.3, -0.25) is 4.90 Å². The molecule has 2 aliphatic rings. The first-order valence-corrected chi connectivity index (χ1v) is 10.8. The molecule has 3 aromatic rings. The average Bonchev–Trinajstić information content (AvgIpc) is 2.83. The lowest BCUT2D eigenvalue weighted by molar-refractivity contribution is 0.122. The zero-order chi connectivity index (χ0) is 21.9. The molecule has 0 saturated carbocycles. The van der Waals surface area contributed by atoms with Gasteiger partial charge in [-0.1, -0.05) is 24.3 Å². The van der Waals surface area contributed by atoms with E-state index in [1.54, 1.807) is 30.3 Å². The molecule has 2 aromatic carbocycles. The van der Waals surface area contributed by atoms with Crippen molar-refractivity contribution in [3.63, 3.8) is 0 Å². The highest BCUT2D eigenvalue weighted by Crippen LogP contribution is 2.33. The molecule has 0 amide bonds. The molecule has 32 heavy (non-hydrogen) atoms. The van der Waals surface area contributed by atoms with Crippen LogP contribution in [0.1, 0.15) is 16.8 Å². The molecule has 1 saturated heterocycles. The third-order valence-electron chi connectivity index (χ3n) is 5.75. The average molecular weight is 438 g/mol. The molecule has 6 nitrogen and oxygen atoms in total. The van der Waals surface area contributed by atoms with E-state index < -0.39 is 5.82 Å². The van der Waals surface area contributed by atoms with Gasteiger partial charge in [-0.05, 0) is 29.8 Å². The van der Waals surface area contributed by atoms with Gasteiger partial charge in [0.2, 0.25) is 11.8 Å². The number of hydrogen-bond donors (Lipinski definition) is 0. The molecule has 0 bridgehead atoms. The molecule has 1 aromatic heterocycles. The number of aromatic nitrogens is 2. The first kappa shape index (κ1) is 20.8. The maximum absolute atomic E-state index is 14.3. The van der Waals surface area contributed by atoms with Crippen LogP contribution in [0.25, 0.3) is 0 Å². The lowest BCUT2D eigenvalue weighted by Crippen LogP contribution is -2.38. The normalized spacial score (nSPS) is 16.6. The van der Waals surface area contributed by atoms with Crippen LogP contribution in [-0.4, -0.2) is 47.7 Å². The third-order valence-corrected chi connectivity index (χ3v) is 5.75. The van der Waals surface area contributed by atoms with Crippen molar-refractivity contribution in [1.82, 2.24) is 14.9 Å². The molecular weight excluding hydrogens is 414 g/mol. The molecule has 0 radical (unpaired) electrons. The predicted octanol–water partition coefficient (Wildman–Crippen LogP) is 3.94. The summed E-state index contributed by atoms with van der Waals surface area (Å²) in [6.45, 7) is 4.70. The van der Waals surface area contributed by atoms with Crippen molar-refractivity contribution in [1.29, 1.82) is 0 Å². The van der Waals surface area contributed by atoms with Gasteiger partial charge in [-0.15, -0.1) is 0 Å². The van der Waals surface area contributed by atoms with Crippen molar-refractivity contribution in [2.75, 3.05) is 37.7 Å². The van der Waals surface area contributed by atoms with Crippen LogP contribution in [0.15, 0.2) is 48.5 Å². The van der Waals surface area contributed by atoms with E-state index in [2.05, 4.69) is 9.80 Å². The number of ether oxygens (including phenoxy) is 2. The number of rotatable bonds is 5. The molecule has 166 valence electrons. The monoisotopic (exact) mass is 438 g/mol. The Labute approximate surface area is 185 Å². The molecule has 1 fully saturated rings. The molecule has 0 N–H and O–H groups in total. The van der Waals surface area contributed by atoms with Crippen LogP contribution in [-0.2, 0) is 24.2 Å². The highest BCUT2D eigenvalue weighted by molar-refractivity contribution is 5.44. The molecule has 5 rings (SSSR count). The Kier molecular flexibility index (Phi) is 5.96. The van der Waals surface area contributed by atoms with Gasteiger partial charge >= 0.3 is 0 Å². The second-order valence-corrected chi connectivity index (χ2v) is 7.97. The summed E-state index contributed by atoms with van der Waals surface area (Å²) in [4.78, 5) is 13.8. The fourth-order valence-electron chi connectivity index (χ4n) is 4.03. The Hall–Kier alpha value is -3.10. The minimum atomic E-state index is -0.438. The van der Waals surface area contributed by atoms with Gasteiger partial charge in [0.15, 0.2) is 11.6 Å². The smallest absolute Gasteiger partial charge is 0.229 e. The van der Waals surface area contributed by atoms with Crippen LogP contribution in [0.2, 0.25) is 0 Å². The Morgan fingerprint density at radius 3 is 2.50 bits per heavy atom. The standard InChI is InChI=1S/C24H24F2N4O2/c25-18-7-5-17(6-8-18)15-29-10-9-21-19(16-29)23(32-22-4-2-1-3-20(22)26)28-24(27-21)30-11-13-31-14-12-30/h1-8H,9-16H2. The van der Waals surface area contributed by atoms with E-state index in [0.29, 0.717) is 51.2 Å². The molecule has 0 spiro atoms. The second-order valence-electron chi connectivity index (χ2n) is 7.97. The highest BCUT2D eigenvalue weighted by atomic mass is 19.1. The van der Waals surface area contributed by atoms with E-state index in [1.807, 2.05) is 0 Å². The van der Waals surface area contributed by atoms with Gasteiger partial charge in [0.05, 0.1) is 24.5 Å². The van der Waals surface area contributed by atoms with Crippen LogP contribution in [0.5, 0.6) is 11.6 Å². The van der Waals surface area contributed by atoms with Crippen LogP contribution in [0.4, 0.5) is 14.7 Å². The van der Waals surface area contributed by atoms with E-state index in [9.17, 15) is 8.78 Å². The lowest BCUT2D eigenvalue weighted by Gasteiger charge is -2.31. The van der Waals surface area contributed by atoms with Crippen molar-refractivity contribution in [3.05, 3.63) is 77.0 Å². The van der Waals surface area contributed by atoms with E-state index >= 15 is 0 Å². The van der Waals surface area contributed by atoms with Crippen LogP contribution < -0.4 is 9.64 Å². The summed E-state index contributed by atoms with van der Waals surface area (Å²) in [6, 6.07) is 12.8. The quantitative estimate of drug-likeness (QED) is 0.602. The van der Waals surface area contributed by atoms with E-state index in [0.717, 1.165) is 29.8 Å². The number of halogens is 2. The Morgan fingerprint density at radius 1 is 0.938 bits per heavy atom. The summed E-state index contributed by atoms with van der Waals surface area (Å²) in [5.74, 6) is 0.418. The summed E-state index contributed by atoms with van der Waals surface area (Å²) in [7, 11) is 0. The van der Waals surface area contributed by atoms with Crippen LogP contribution >= 0.6 is 0 Å². The van der Waals surface area contributed by atoms with Crippen molar-refractivity contribution in [2.24, 2.45) is 0 Å². The second kappa shape index (κ2) is 9.18. The first-order chi connectivity index (χ1) is 15.7. The number of fused-ring (bicyclic) bond motifs is 1. The summed E-state index contributed by atoms with van der Waals surface area (Å²) in [5, 5.41) is 0. The van der Waals surface area contributed by atoms with E-state index in [1.165, 1.54) is 18.2 Å². The summed E-state index contributed by atoms with van der Waals surface area (Å²) >= 11 is 0. The number of anilines is 1. The molecular formula is C24H24F2N4O2. The number of para-hydroxylation sites is 1. The fourth-order valence-corrected chi connectivity index (χ4v) is 4.03. The first-order valence-electron chi connectivity index (χ1n) is 10.8. The molecule has 0 unspecified atom stereocenters. The van der Waals surface area contributed by atoms with Crippen molar-refractivity contribution < 1.29 is 18.3 Å². The Balaban J connectivity index is 1.45. The van der Waals surface area contributed by atoms with Crippen LogP contribution in [0, 0.1) is 11.6 Å². The SMILES string of the molecule is Fc1ccc(CN2CCc3nc(N4CCOCC4)nc(Oc4ccccc4F)c3C2)cc1. The Bertz CT molecular complexity index is 1090. The van der Waals surface area contributed by atoms with Gasteiger partial charge in [0.1, 0.15) is 5.82 Å². The van der Waals surface area contributed by atoms with Gasteiger partial charge in [0.25, 0.3) is 0 Å². The molecule has 0 aliphatic carbocycles. The van der Waals surface area contributed by atoms with Gasteiger partial charge < -0.3 is 14.4 Å². The summed E-state index contributed by atoms with van der Waals surface area (Å²) in [5.41, 5.74) is 2.80. The number of nitrogens with zero attached hydrogens (tertiary/aromatic N) is 4. The Morgan fingerprint density at radius 2 is 1.72 bits per heavy atom. The topological polar surface area (TPSA) is 50.7 Å². The zero-order valence-corrected chi connectivity index (χ0v) is 17.6. The lowest BCUT2D eigenvalue weighted by atomic mass is 10.1. The molecule has 2 aliphatic heterocycles. The number of hydrogen-bond acceptors (Lipinski definition) is 6. The van der Waals surface area contributed by atoms with E-state index in [4.69, 9.17) is 19.4 Å². The van der Waals surface area contributed by atoms with Gasteiger partial charge in [-0.2, -0.15) is 4.98 Å². The third kappa shape index (κ3) is 4.56. The maximum atomic E-state index is 14.3. The van der Waals surface area contributed by atoms with Gasteiger partial charge in [0, 0.05) is 39.1 Å². The van der Waals surface area contributed by atoms with Crippen molar-refractivity contribution in [3.8, 4) is 11.6 Å². The number of benzene rings is 2. The van der Waals surface area contributed by atoms with Gasteiger partial charge in [-0.25, -0.2) is 13.8 Å².